The minimum absolute atomic E-state index is 0.189. The summed E-state index contributed by atoms with van der Waals surface area (Å²) in [6.45, 7) is 6.85. The third kappa shape index (κ3) is 5.27. The lowest BCUT2D eigenvalue weighted by atomic mass is 10.2. The Morgan fingerprint density at radius 2 is 1.90 bits per heavy atom. The number of carbonyl (C=O) groups excluding carboxylic acids is 1. The van der Waals surface area contributed by atoms with Crippen molar-refractivity contribution < 1.29 is 14.3 Å². The smallest absolute Gasteiger partial charge is 0.223 e. The first-order valence-corrected chi connectivity index (χ1v) is 7.35. The largest absolute Gasteiger partial charge is 0.497 e. The van der Waals surface area contributed by atoms with Gasteiger partial charge in [-0.25, -0.2) is 0 Å². The van der Waals surface area contributed by atoms with Gasteiger partial charge in [0.05, 0.1) is 14.2 Å². The number of ether oxygens (including phenoxy) is 2. The zero-order chi connectivity index (χ0) is 15.7. The molecular weight excluding hydrogens is 268 g/mol. The molecule has 118 valence electrons. The summed E-state index contributed by atoms with van der Waals surface area (Å²) < 4.78 is 10.5. The first-order valence-electron chi connectivity index (χ1n) is 7.35. The van der Waals surface area contributed by atoms with Crippen LogP contribution in [0.5, 0.6) is 11.5 Å². The lowest BCUT2D eigenvalue weighted by Crippen LogP contribution is -2.32. The molecule has 0 bridgehead atoms. The van der Waals surface area contributed by atoms with Crippen LogP contribution in [0.15, 0.2) is 18.2 Å². The molecule has 0 heterocycles. The van der Waals surface area contributed by atoms with E-state index >= 15 is 0 Å². The summed E-state index contributed by atoms with van der Waals surface area (Å²) in [6, 6.07) is 5.73. The summed E-state index contributed by atoms with van der Waals surface area (Å²) in [6.07, 6.45) is 0.514. The standard InChI is InChI=1S/C16H26N2O3/c1-5-18(6-2)16(19)9-10-17-12-13-7-8-14(20-3)11-15(13)21-4/h7-8,11,17H,5-6,9-10,12H2,1-4H3. The lowest BCUT2D eigenvalue weighted by molar-refractivity contribution is -0.130. The summed E-state index contributed by atoms with van der Waals surface area (Å²) in [5.74, 6) is 1.75. The Morgan fingerprint density at radius 3 is 2.48 bits per heavy atom. The van der Waals surface area contributed by atoms with E-state index in [1.165, 1.54) is 0 Å². The quantitative estimate of drug-likeness (QED) is 0.708. The number of hydrogen-bond acceptors (Lipinski definition) is 4. The number of nitrogens with zero attached hydrogens (tertiary/aromatic N) is 1. The summed E-state index contributed by atoms with van der Waals surface area (Å²) in [7, 11) is 3.27. The lowest BCUT2D eigenvalue weighted by Gasteiger charge is -2.18. The number of hydrogen-bond donors (Lipinski definition) is 1. The minimum Gasteiger partial charge on any atom is -0.497 e. The SMILES string of the molecule is CCN(CC)C(=O)CCNCc1ccc(OC)cc1OC. The van der Waals surface area contributed by atoms with Crippen molar-refractivity contribution in [3.05, 3.63) is 23.8 Å². The fraction of sp³-hybridized carbons (Fsp3) is 0.562. The van der Waals surface area contributed by atoms with Gasteiger partial charge in [0, 0.05) is 44.2 Å². The van der Waals surface area contributed by atoms with Crippen LogP contribution in [0.25, 0.3) is 0 Å². The highest BCUT2D eigenvalue weighted by atomic mass is 16.5. The predicted molar refractivity (Wildman–Crippen MR) is 83.8 cm³/mol. The fourth-order valence-electron chi connectivity index (χ4n) is 2.15. The summed E-state index contributed by atoms with van der Waals surface area (Å²) in [4.78, 5) is 13.7. The number of amides is 1. The van der Waals surface area contributed by atoms with Gasteiger partial charge in [0.25, 0.3) is 0 Å². The fourth-order valence-corrected chi connectivity index (χ4v) is 2.15. The van der Waals surface area contributed by atoms with Gasteiger partial charge in [0.1, 0.15) is 11.5 Å². The van der Waals surface area contributed by atoms with E-state index in [2.05, 4.69) is 5.32 Å². The summed E-state index contributed by atoms with van der Waals surface area (Å²) >= 11 is 0. The van der Waals surface area contributed by atoms with Crippen LogP contribution in [-0.2, 0) is 11.3 Å². The molecule has 21 heavy (non-hydrogen) atoms. The Kier molecular flexibility index (Phi) is 7.61. The molecule has 0 aliphatic rings. The van der Waals surface area contributed by atoms with E-state index in [0.29, 0.717) is 19.5 Å². The Labute approximate surface area is 127 Å². The van der Waals surface area contributed by atoms with Crippen molar-refractivity contribution in [1.29, 1.82) is 0 Å². The van der Waals surface area contributed by atoms with Gasteiger partial charge < -0.3 is 19.7 Å². The maximum Gasteiger partial charge on any atom is 0.223 e. The Hall–Kier alpha value is -1.75. The normalized spacial score (nSPS) is 10.3. The minimum atomic E-state index is 0.189. The number of nitrogens with one attached hydrogen (secondary N) is 1. The maximum atomic E-state index is 11.9. The van der Waals surface area contributed by atoms with Gasteiger partial charge in [-0.1, -0.05) is 6.07 Å². The van der Waals surface area contributed by atoms with E-state index in [4.69, 9.17) is 9.47 Å². The molecule has 0 radical (unpaired) electrons. The van der Waals surface area contributed by atoms with Gasteiger partial charge in [-0.05, 0) is 19.9 Å². The number of benzene rings is 1. The first-order chi connectivity index (χ1) is 10.2. The molecule has 5 heteroatoms. The van der Waals surface area contributed by atoms with Crippen molar-refractivity contribution in [2.75, 3.05) is 33.9 Å². The Balaban J connectivity index is 2.44. The predicted octanol–water partition coefficient (Wildman–Crippen LogP) is 2.05. The van der Waals surface area contributed by atoms with Crippen LogP contribution in [0.4, 0.5) is 0 Å². The average molecular weight is 294 g/mol. The molecule has 0 aliphatic carbocycles. The van der Waals surface area contributed by atoms with E-state index in [1.54, 1.807) is 14.2 Å². The number of carbonyl (C=O) groups is 1. The molecule has 0 atom stereocenters. The van der Waals surface area contributed by atoms with Crippen molar-refractivity contribution in [2.45, 2.75) is 26.8 Å². The van der Waals surface area contributed by atoms with Crippen LogP contribution in [0.3, 0.4) is 0 Å². The Bertz CT molecular complexity index is 445. The second kappa shape index (κ2) is 9.23. The zero-order valence-electron chi connectivity index (χ0n) is 13.4. The molecule has 0 unspecified atom stereocenters. The number of rotatable bonds is 9. The molecule has 1 rings (SSSR count). The van der Waals surface area contributed by atoms with E-state index in [0.717, 1.165) is 30.2 Å². The second-order valence-electron chi connectivity index (χ2n) is 4.67. The maximum absolute atomic E-state index is 11.9. The van der Waals surface area contributed by atoms with Crippen molar-refractivity contribution in [2.24, 2.45) is 0 Å². The molecule has 0 aromatic heterocycles. The highest BCUT2D eigenvalue weighted by Gasteiger charge is 2.09. The monoisotopic (exact) mass is 294 g/mol. The van der Waals surface area contributed by atoms with E-state index in [1.807, 2.05) is 36.9 Å². The third-order valence-corrected chi connectivity index (χ3v) is 3.44. The van der Waals surface area contributed by atoms with Crippen LogP contribution in [0.1, 0.15) is 25.8 Å². The van der Waals surface area contributed by atoms with Gasteiger partial charge in [-0.2, -0.15) is 0 Å². The zero-order valence-corrected chi connectivity index (χ0v) is 13.4. The van der Waals surface area contributed by atoms with Crippen LogP contribution in [0.2, 0.25) is 0 Å². The molecule has 1 aromatic carbocycles. The van der Waals surface area contributed by atoms with Crippen LogP contribution < -0.4 is 14.8 Å². The molecule has 0 saturated carbocycles. The van der Waals surface area contributed by atoms with Crippen molar-refractivity contribution >= 4 is 5.91 Å². The summed E-state index contributed by atoms with van der Waals surface area (Å²) in [5, 5.41) is 3.28. The molecule has 0 fully saturated rings. The van der Waals surface area contributed by atoms with Gasteiger partial charge in [0.2, 0.25) is 5.91 Å². The highest BCUT2D eigenvalue weighted by molar-refractivity contribution is 5.76. The molecule has 0 saturated heterocycles. The molecule has 0 aliphatic heterocycles. The molecular formula is C16H26N2O3. The van der Waals surface area contributed by atoms with Crippen LogP contribution in [0, 0.1) is 0 Å². The molecule has 1 N–H and O–H groups in total. The van der Waals surface area contributed by atoms with Crippen LogP contribution in [-0.4, -0.2) is 44.7 Å². The molecule has 1 amide bonds. The molecule has 5 nitrogen and oxygen atoms in total. The van der Waals surface area contributed by atoms with Crippen molar-refractivity contribution in [3.8, 4) is 11.5 Å². The molecule has 1 aromatic rings. The number of methoxy groups -OCH3 is 2. The van der Waals surface area contributed by atoms with Gasteiger partial charge in [-0.15, -0.1) is 0 Å². The topological polar surface area (TPSA) is 50.8 Å². The van der Waals surface area contributed by atoms with E-state index in [-0.39, 0.29) is 5.91 Å². The average Bonchev–Trinajstić information content (AvgIpc) is 2.52. The van der Waals surface area contributed by atoms with E-state index in [9.17, 15) is 4.79 Å². The van der Waals surface area contributed by atoms with Crippen molar-refractivity contribution in [3.63, 3.8) is 0 Å². The van der Waals surface area contributed by atoms with Gasteiger partial charge in [-0.3, -0.25) is 4.79 Å². The van der Waals surface area contributed by atoms with Crippen LogP contribution >= 0.6 is 0 Å². The van der Waals surface area contributed by atoms with E-state index < -0.39 is 0 Å². The molecule has 0 spiro atoms. The van der Waals surface area contributed by atoms with Crippen molar-refractivity contribution in [1.82, 2.24) is 10.2 Å². The van der Waals surface area contributed by atoms with Gasteiger partial charge >= 0.3 is 0 Å². The highest BCUT2D eigenvalue weighted by Crippen LogP contribution is 2.24. The first kappa shape index (κ1) is 17.3. The second-order valence-corrected chi connectivity index (χ2v) is 4.67. The summed E-state index contributed by atoms with van der Waals surface area (Å²) in [5.41, 5.74) is 1.05. The Morgan fingerprint density at radius 1 is 1.19 bits per heavy atom. The van der Waals surface area contributed by atoms with Gasteiger partial charge in [0.15, 0.2) is 0 Å². The third-order valence-electron chi connectivity index (χ3n) is 3.44.